The second-order valence-electron chi connectivity index (χ2n) is 7.68. The highest BCUT2D eigenvalue weighted by molar-refractivity contribution is 5.81. The van der Waals surface area contributed by atoms with E-state index in [9.17, 15) is 9.59 Å². The lowest BCUT2D eigenvalue weighted by Crippen LogP contribution is -2.52. The molecule has 3 fully saturated rings. The first kappa shape index (κ1) is 15.8. The van der Waals surface area contributed by atoms with E-state index in [1.807, 2.05) is 4.90 Å². The highest BCUT2D eigenvalue weighted by atomic mass is 16.2. The zero-order valence-corrected chi connectivity index (χ0v) is 13.9. The van der Waals surface area contributed by atoms with Crippen LogP contribution in [0.3, 0.4) is 0 Å². The Morgan fingerprint density at radius 1 is 1.00 bits per heavy atom. The molecule has 0 aromatic heterocycles. The predicted molar refractivity (Wildman–Crippen MR) is 86.3 cm³/mol. The molecule has 22 heavy (non-hydrogen) atoms. The molecule has 2 atom stereocenters. The number of carbonyl (C=O) groups is 2. The first-order valence-corrected chi connectivity index (χ1v) is 9.17. The number of rotatable bonds is 2. The van der Waals surface area contributed by atoms with Crippen LogP contribution in [0.15, 0.2) is 0 Å². The normalized spacial score (nSPS) is 31.2. The SMILES string of the molecule is CC(=O)N1CCC[C@@H](C(=O)N[C@@H]2CCCCC23CCCC3)C1. The van der Waals surface area contributed by atoms with E-state index in [1.54, 1.807) is 6.92 Å². The lowest BCUT2D eigenvalue weighted by Gasteiger charge is -2.43. The Labute approximate surface area is 134 Å². The minimum atomic E-state index is -0.00182. The fourth-order valence-corrected chi connectivity index (χ4v) is 4.98. The highest BCUT2D eigenvalue weighted by Crippen LogP contribution is 2.49. The largest absolute Gasteiger partial charge is 0.353 e. The van der Waals surface area contributed by atoms with Crippen LogP contribution in [0.1, 0.15) is 71.1 Å². The van der Waals surface area contributed by atoms with E-state index in [0.717, 1.165) is 25.8 Å². The van der Waals surface area contributed by atoms with Gasteiger partial charge in [0, 0.05) is 26.1 Å². The van der Waals surface area contributed by atoms with Crippen molar-refractivity contribution in [2.75, 3.05) is 13.1 Å². The molecule has 0 bridgehead atoms. The summed E-state index contributed by atoms with van der Waals surface area (Å²) in [5.41, 5.74) is 0.392. The molecule has 4 nitrogen and oxygen atoms in total. The van der Waals surface area contributed by atoms with Gasteiger partial charge in [-0.3, -0.25) is 9.59 Å². The van der Waals surface area contributed by atoms with Gasteiger partial charge in [0.05, 0.1) is 5.92 Å². The van der Waals surface area contributed by atoms with Gasteiger partial charge in [-0.25, -0.2) is 0 Å². The van der Waals surface area contributed by atoms with Crippen molar-refractivity contribution in [3.63, 3.8) is 0 Å². The summed E-state index contributed by atoms with van der Waals surface area (Å²) >= 11 is 0. The van der Waals surface area contributed by atoms with E-state index in [0.29, 0.717) is 18.0 Å². The van der Waals surface area contributed by atoms with Crippen molar-refractivity contribution in [3.05, 3.63) is 0 Å². The number of nitrogens with one attached hydrogen (secondary N) is 1. The van der Waals surface area contributed by atoms with Crippen LogP contribution in [0.4, 0.5) is 0 Å². The van der Waals surface area contributed by atoms with Gasteiger partial charge in [-0.05, 0) is 43.9 Å². The van der Waals surface area contributed by atoms with Crippen molar-refractivity contribution in [1.29, 1.82) is 0 Å². The predicted octanol–water partition coefficient (Wildman–Crippen LogP) is 2.86. The molecule has 0 radical (unpaired) electrons. The van der Waals surface area contributed by atoms with E-state index in [1.165, 1.54) is 44.9 Å². The minimum absolute atomic E-state index is 0.00182. The quantitative estimate of drug-likeness (QED) is 0.853. The first-order valence-electron chi connectivity index (χ1n) is 9.17. The maximum atomic E-state index is 12.7. The van der Waals surface area contributed by atoms with Gasteiger partial charge >= 0.3 is 0 Å². The summed E-state index contributed by atoms with van der Waals surface area (Å²) in [5.74, 6) is 0.296. The second kappa shape index (κ2) is 6.59. The topological polar surface area (TPSA) is 49.4 Å². The summed E-state index contributed by atoms with van der Waals surface area (Å²) in [6.45, 7) is 3.03. The third kappa shape index (κ3) is 3.16. The van der Waals surface area contributed by atoms with Gasteiger partial charge in [0.2, 0.25) is 11.8 Å². The average Bonchev–Trinajstić information content (AvgIpc) is 2.99. The Kier molecular flexibility index (Phi) is 4.74. The minimum Gasteiger partial charge on any atom is -0.353 e. The maximum absolute atomic E-state index is 12.7. The van der Waals surface area contributed by atoms with Gasteiger partial charge in [-0.1, -0.05) is 25.7 Å². The molecule has 3 rings (SSSR count). The van der Waals surface area contributed by atoms with Gasteiger partial charge in [-0.15, -0.1) is 0 Å². The Bertz CT molecular complexity index is 429. The summed E-state index contributed by atoms with van der Waals surface area (Å²) in [4.78, 5) is 26.1. The number of hydrogen-bond donors (Lipinski definition) is 1. The van der Waals surface area contributed by atoms with E-state index < -0.39 is 0 Å². The van der Waals surface area contributed by atoms with Gasteiger partial charge in [0.15, 0.2) is 0 Å². The third-order valence-corrected chi connectivity index (χ3v) is 6.31. The maximum Gasteiger partial charge on any atom is 0.225 e. The molecule has 0 aromatic carbocycles. The summed E-state index contributed by atoms with van der Waals surface area (Å²) in [7, 11) is 0. The van der Waals surface area contributed by atoms with E-state index in [2.05, 4.69) is 5.32 Å². The molecule has 0 unspecified atom stereocenters. The second-order valence-corrected chi connectivity index (χ2v) is 7.68. The number of piperidine rings is 1. The molecule has 1 aliphatic heterocycles. The fraction of sp³-hybridized carbons (Fsp3) is 0.889. The molecule has 4 heteroatoms. The smallest absolute Gasteiger partial charge is 0.225 e. The molecule has 2 saturated carbocycles. The zero-order chi connectivity index (χ0) is 15.6. The van der Waals surface area contributed by atoms with Crippen molar-refractivity contribution in [2.24, 2.45) is 11.3 Å². The molecule has 1 saturated heterocycles. The van der Waals surface area contributed by atoms with Gasteiger partial charge in [0.25, 0.3) is 0 Å². The number of amides is 2. The van der Waals surface area contributed by atoms with Gasteiger partial charge < -0.3 is 10.2 Å². The number of carbonyl (C=O) groups excluding carboxylic acids is 2. The van der Waals surface area contributed by atoms with Crippen molar-refractivity contribution >= 4 is 11.8 Å². The average molecular weight is 306 g/mol. The molecule has 1 heterocycles. The molecule has 3 aliphatic rings. The Hall–Kier alpha value is -1.06. The lowest BCUT2D eigenvalue weighted by atomic mass is 9.69. The summed E-state index contributed by atoms with van der Waals surface area (Å²) < 4.78 is 0. The van der Waals surface area contributed by atoms with Crippen LogP contribution in [0.25, 0.3) is 0 Å². The molecular weight excluding hydrogens is 276 g/mol. The van der Waals surface area contributed by atoms with E-state index in [-0.39, 0.29) is 17.7 Å². The van der Waals surface area contributed by atoms with Crippen LogP contribution in [-0.4, -0.2) is 35.8 Å². The third-order valence-electron chi connectivity index (χ3n) is 6.31. The van der Waals surface area contributed by atoms with Crippen LogP contribution in [0, 0.1) is 11.3 Å². The Morgan fingerprint density at radius 2 is 1.68 bits per heavy atom. The number of hydrogen-bond acceptors (Lipinski definition) is 2. The van der Waals surface area contributed by atoms with Crippen molar-refractivity contribution in [3.8, 4) is 0 Å². The first-order chi connectivity index (χ1) is 10.6. The monoisotopic (exact) mass is 306 g/mol. The Balaban J connectivity index is 1.61. The van der Waals surface area contributed by atoms with Crippen LogP contribution >= 0.6 is 0 Å². The fourth-order valence-electron chi connectivity index (χ4n) is 4.98. The lowest BCUT2D eigenvalue weighted by molar-refractivity contribution is -0.134. The van der Waals surface area contributed by atoms with Crippen LogP contribution in [0.2, 0.25) is 0 Å². The van der Waals surface area contributed by atoms with E-state index >= 15 is 0 Å². The van der Waals surface area contributed by atoms with Crippen molar-refractivity contribution in [2.45, 2.75) is 77.2 Å². The van der Waals surface area contributed by atoms with Gasteiger partial charge in [-0.2, -0.15) is 0 Å². The molecule has 0 aromatic rings. The van der Waals surface area contributed by atoms with Crippen molar-refractivity contribution < 1.29 is 9.59 Å². The Morgan fingerprint density at radius 3 is 2.36 bits per heavy atom. The molecule has 2 amide bonds. The molecule has 2 aliphatic carbocycles. The number of likely N-dealkylation sites (tertiary alicyclic amines) is 1. The molecule has 1 spiro atoms. The summed E-state index contributed by atoms with van der Waals surface area (Å²) in [6.07, 6.45) is 12.1. The summed E-state index contributed by atoms with van der Waals surface area (Å²) in [6, 6.07) is 0.379. The molecular formula is C18H30N2O2. The molecule has 124 valence electrons. The van der Waals surface area contributed by atoms with Crippen LogP contribution in [-0.2, 0) is 9.59 Å². The van der Waals surface area contributed by atoms with Crippen LogP contribution < -0.4 is 5.32 Å². The highest BCUT2D eigenvalue weighted by Gasteiger charge is 2.43. The molecule has 1 N–H and O–H groups in total. The van der Waals surface area contributed by atoms with Crippen LogP contribution in [0.5, 0.6) is 0 Å². The zero-order valence-electron chi connectivity index (χ0n) is 13.9. The standard InChI is InChI=1S/C18H30N2O2/c1-14(21)20-12-6-7-15(13-20)17(22)19-16-8-2-3-9-18(16)10-4-5-11-18/h15-16H,2-13H2,1H3,(H,19,22)/t15-,16-/m1/s1. The summed E-state index contributed by atoms with van der Waals surface area (Å²) in [5, 5.41) is 3.40. The number of nitrogens with zero attached hydrogens (tertiary/aromatic N) is 1. The van der Waals surface area contributed by atoms with E-state index in [4.69, 9.17) is 0 Å². The van der Waals surface area contributed by atoms with Gasteiger partial charge in [0.1, 0.15) is 0 Å². The van der Waals surface area contributed by atoms with Crippen molar-refractivity contribution in [1.82, 2.24) is 10.2 Å².